The quantitative estimate of drug-likeness (QED) is 0.844. The number of anilines is 2. The molecule has 0 bridgehead atoms. The molecule has 0 radical (unpaired) electrons. The summed E-state index contributed by atoms with van der Waals surface area (Å²) in [5, 5.41) is 3.19. The second-order valence-electron chi connectivity index (χ2n) is 5.54. The SMILES string of the molecule is CCCOc1ccc(C(C)Nc2ncc(F)c(N(C)C)n2)cc1. The minimum absolute atomic E-state index is 0.00398. The number of aromatic nitrogens is 2. The van der Waals surface area contributed by atoms with Crippen LogP contribution in [0.3, 0.4) is 0 Å². The Morgan fingerprint density at radius 2 is 1.96 bits per heavy atom. The number of hydrogen-bond donors (Lipinski definition) is 1. The number of halogens is 1. The minimum Gasteiger partial charge on any atom is -0.494 e. The van der Waals surface area contributed by atoms with Crippen LogP contribution in [0.2, 0.25) is 0 Å². The third-order valence-corrected chi connectivity index (χ3v) is 3.35. The van der Waals surface area contributed by atoms with Gasteiger partial charge in [0.1, 0.15) is 5.75 Å². The predicted molar refractivity (Wildman–Crippen MR) is 90.6 cm³/mol. The lowest BCUT2D eigenvalue weighted by molar-refractivity contribution is 0.317. The molecule has 0 aliphatic carbocycles. The molecule has 1 N–H and O–H groups in total. The van der Waals surface area contributed by atoms with Crippen LogP contribution in [0.1, 0.15) is 31.9 Å². The van der Waals surface area contributed by atoms with E-state index in [2.05, 4.69) is 22.2 Å². The summed E-state index contributed by atoms with van der Waals surface area (Å²) in [7, 11) is 3.49. The lowest BCUT2D eigenvalue weighted by Crippen LogP contribution is -2.16. The van der Waals surface area contributed by atoms with Crippen molar-refractivity contribution < 1.29 is 9.13 Å². The Morgan fingerprint density at radius 1 is 1.26 bits per heavy atom. The van der Waals surface area contributed by atoms with Gasteiger partial charge in [0.15, 0.2) is 11.6 Å². The Kier molecular flexibility index (Phi) is 5.73. The van der Waals surface area contributed by atoms with Crippen molar-refractivity contribution in [2.45, 2.75) is 26.3 Å². The Morgan fingerprint density at radius 3 is 2.57 bits per heavy atom. The standard InChI is InChI=1S/C17H23FN4O/c1-5-10-23-14-8-6-13(7-9-14)12(2)20-17-19-11-15(18)16(21-17)22(3)4/h6-9,11-12H,5,10H2,1-4H3,(H,19,20,21). The van der Waals surface area contributed by atoms with Gasteiger partial charge in [-0.15, -0.1) is 0 Å². The van der Waals surface area contributed by atoms with Crippen molar-refractivity contribution in [3.63, 3.8) is 0 Å². The number of hydrogen-bond acceptors (Lipinski definition) is 5. The summed E-state index contributed by atoms with van der Waals surface area (Å²) in [5.41, 5.74) is 1.08. The first-order valence-corrected chi connectivity index (χ1v) is 7.70. The van der Waals surface area contributed by atoms with E-state index in [1.807, 2.05) is 31.2 Å². The summed E-state index contributed by atoms with van der Waals surface area (Å²) in [4.78, 5) is 9.81. The van der Waals surface area contributed by atoms with Crippen molar-refractivity contribution in [1.82, 2.24) is 9.97 Å². The van der Waals surface area contributed by atoms with Crippen molar-refractivity contribution in [2.75, 3.05) is 30.9 Å². The first-order chi connectivity index (χ1) is 11.0. The fourth-order valence-electron chi connectivity index (χ4n) is 2.09. The highest BCUT2D eigenvalue weighted by molar-refractivity contribution is 5.43. The van der Waals surface area contributed by atoms with Crippen LogP contribution in [-0.4, -0.2) is 30.7 Å². The predicted octanol–water partition coefficient (Wildman–Crippen LogP) is 3.64. The summed E-state index contributed by atoms with van der Waals surface area (Å²) < 4.78 is 19.2. The Labute approximate surface area is 136 Å². The number of ether oxygens (including phenoxy) is 1. The third kappa shape index (κ3) is 4.55. The van der Waals surface area contributed by atoms with Gasteiger partial charge in [-0.05, 0) is 31.0 Å². The lowest BCUT2D eigenvalue weighted by atomic mass is 10.1. The largest absolute Gasteiger partial charge is 0.494 e. The molecule has 0 aliphatic heterocycles. The van der Waals surface area contributed by atoms with Crippen LogP contribution in [0.4, 0.5) is 16.2 Å². The molecule has 124 valence electrons. The fraction of sp³-hybridized carbons (Fsp3) is 0.412. The summed E-state index contributed by atoms with van der Waals surface area (Å²) in [5.74, 6) is 1.08. The average Bonchev–Trinajstić information content (AvgIpc) is 2.54. The van der Waals surface area contributed by atoms with Gasteiger partial charge in [0, 0.05) is 14.1 Å². The topological polar surface area (TPSA) is 50.3 Å². The molecule has 5 nitrogen and oxygen atoms in total. The maximum Gasteiger partial charge on any atom is 0.225 e. The monoisotopic (exact) mass is 318 g/mol. The normalized spacial score (nSPS) is 11.9. The first kappa shape index (κ1) is 17.0. The zero-order valence-electron chi connectivity index (χ0n) is 14.0. The Hall–Kier alpha value is -2.37. The van der Waals surface area contributed by atoms with E-state index >= 15 is 0 Å². The third-order valence-electron chi connectivity index (χ3n) is 3.35. The molecule has 0 saturated carbocycles. The molecule has 0 spiro atoms. The first-order valence-electron chi connectivity index (χ1n) is 7.70. The maximum atomic E-state index is 13.6. The molecule has 1 aromatic heterocycles. The van der Waals surface area contributed by atoms with E-state index in [1.165, 1.54) is 6.20 Å². The van der Waals surface area contributed by atoms with Crippen molar-refractivity contribution in [2.24, 2.45) is 0 Å². The summed E-state index contributed by atoms with van der Waals surface area (Å²) in [6.45, 7) is 4.79. The van der Waals surface area contributed by atoms with Crippen LogP contribution >= 0.6 is 0 Å². The highest BCUT2D eigenvalue weighted by atomic mass is 19.1. The highest BCUT2D eigenvalue weighted by Gasteiger charge is 2.11. The fourth-order valence-corrected chi connectivity index (χ4v) is 2.09. The van der Waals surface area contributed by atoms with E-state index in [0.29, 0.717) is 12.6 Å². The summed E-state index contributed by atoms with van der Waals surface area (Å²) >= 11 is 0. The van der Waals surface area contributed by atoms with Gasteiger partial charge in [0.2, 0.25) is 5.95 Å². The van der Waals surface area contributed by atoms with Crippen LogP contribution in [0, 0.1) is 5.82 Å². The molecular weight excluding hydrogens is 295 g/mol. The van der Waals surface area contributed by atoms with Gasteiger partial charge in [-0.25, -0.2) is 9.37 Å². The van der Waals surface area contributed by atoms with Crippen LogP contribution in [0.15, 0.2) is 30.5 Å². The van der Waals surface area contributed by atoms with E-state index < -0.39 is 5.82 Å². The van der Waals surface area contributed by atoms with Crippen LogP contribution in [0.25, 0.3) is 0 Å². The van der Waals surface area contributed by atoms with Crippen molar-refractivity contribution in [1.29, 1.82) is 0 Å². The molecule has 2 rings (SSSR count). The van der Waals surface area contributed by atoms with Crippen molar-refractivity contribution in [3.05, 3.63) is 41.8 Å². The number of nitrogens with one attached hydrogen (secondary N) is 1. The zero-order chi connectivity index (χ0) is 16.8. The van der Waals surface area contributed by atoms with E-state index in [0.717, 1.165) is 17.7 Å². The smallest absolute Gasteiger partial charge is 0.225 e. The molecule has 0 fully saturated rings. The highest BCUT2D eigenvalue weighted by Crippen LogP contribution is 2.22. The zero-order valence-corrected chi connectivity index (χ0v) is 14.0. The molecule has 1 unspecified atom stereocenters. The van der Waals surface area contributed by atoms with Gasteiger partial charge in [0.05, 0.1) is 18.8 Å². The summed E-state index contributed by atoms with van der Waals surface area (Å²) in [6, 6.07) is 7.88. The van der Waals surface area contributed by atoms with Crippen molar-refractivity contribution in [3.8, 4) is 5.75 Å². The maximum absolute atomic E-state index is 13.6. The van der Waals surface area contributed by atoms with E-state index in [9.17, 15) is 4.39 Å². The van der Waals surface area contributed by atoms with Gasteiger partial charge in [0.25, 0.3) is 0 Å². The Balaban J connectivity index is 2.06. The molecule has 0 aliphatic rings. The van der Waals surface area contributed by atoms with E-state index in [4.69, 9.17) is 4.74 Å². The molecule has 1 atom stereocenters. The molecule has 2 aromatic rings. The van der Waals surface area contributed by atoms with Gasteiger partial charge in [-0.2, -0.15) is 4.98 Å². The van der Waals surface area contributed by atoms with Gasteiger partial charge in [-0.1, -0.05) is 19.1 Å². The number of rotatable bonds is 7. The molecule has 0 amide bonds. The molecular formula is C17H23FN4O. The number of nitrogens with zero attached hydrogens (tertiary/aromatic N) is 3. The Bertz CT molecular complexity index is 631. The van der Waals surface area contributed by atoms with E-state index in [1.54, 1.807) is 19.0 Å². The second kappa shape index (κ2) is 7.76. The van der Waals surface area contributed by atoms with E-state index in [-0.39, 0.29) is 11.9 Å². The van der Waals surface area contributed by atoms with Crippen LogP contribution in [0.5, 0.6) is 5.75 Å². The van der Waals surface area contributed by atoms with Crippen LogP contribution < -0.4 is 15.0 Å². The van der Waals surface area contributed by atoms with Gasteiger partial charge < -0.3 is 15.0 Å². The lowest BCUT2D eigenvalue weighted by Gasteiger charge is -2.17. The molecule has 1 heterocycles. The molecule has 23 heavy (non-hydrogen) atoms. The molecule has 1 aromatic carbocycles. The number of benzene rings is 1. The molecule has 6 heteroatoms. The van der Waals surface area contributed by atoms with Crippen molar-refractivity contribution >= 4 is 11.8 Å². The molecule has 0 saturated heterocycles. The summed E-state index contributed by atoms with van der Waals surface area (Å²) in [6.07, 6.45) is 2.16. The average molecular weight is 318 g/mol. The van der Waals surface area contributed by atoms with Gasteiger partial charge in [-0.3, -0.25) is 0 Å². The van der Waals surface area contributed by atoms with Crippen LogP contribution in [-0.2, 0) is 0 Å². The minimum atomic E-state index is -0.439. The van der Waals surface area contributed by atoms with Gasteiger partial charge >= 0.3 is 0 Å². The second-order valence-corrected chi connectivity index (χ2v) is 5.54.